The maximum atomic E-state index is 10.9. The molecule has 0 N–H and O–H groups in total. The summed E-state index contributed by atoms with van der Waals surface area (Å²) in [5.74, 6) is 0.641. The first-order valence-electron chi connectivity index (χ1n) is 3.10. The van der Waals surface area contributed by atoms with Crippen LogP contribution in [0, 0.1) is 0 Å². The van der Waals surface area contributed by atoms with Crippen molar-refractivity contribution in [2.45, 2.75) is 0 Å². The van der Waals surface area contributed by atoms with Gasteiger partial charge in [0.2, 0.25) is 0 Å². The van der Waals surface area contributed by atoms with Crippen LogP contribution in [0.25, 0.3) is 0 Å². The summed E-state index contributed by atoms with van der Waals surface area (Å²) in [6, 6.07) is 7.19. The average molecular weight is 263 g/mol. The van der Waals surface area contributed by atoms with Crippen LogP contribution in [0.4, 0.5) is 0 Å². The van der Waals surface area contributed by atoms with E-state index in [1.807, 2.05) is 12.1 Å². The second-order valence-electron chi connectivity index (χ2n) is 1.99. The van der Waals surface area contributed by atoms with Crippen LogP contribution < -0.4 is 4.74 Å². The van der Waals surface area contributed by atoms with Gasteiger partial charge < -0.3 is 0 Å². The molecular weight excluding hydrogens is 256 g/mol. The molecule has 0 saturated carbocycles. The number of para-hydroxylation sites is 1. The quantitative estimate of drug-likeness (QED) is 0.744. The van der Waals surface area contributed by atoms with E-state index in [0.29, 0.717) is 11.3 Å². The molecule has 0 saturated heterocycles. The minimum absolute atomic E-state index is 0.0400. The van der Waals surface area contributed by atoms with Gasteiger partial charge in [0.25, 0.3) is 0 Å². The predicted octanol–water partition coefficient (Wildman–Crippen LogP) is 1.00. The molecule has 57 valence electrons. The van der Waals surface area contributed by atoms with E-state index in [2.05, 4.69) is 0 Å². The monoisotopic (exact) mass is 265 g/mol. The number of hydrogen-bond acceptors (Lipinski definition) is 2. The van der Waals surface area contributed by atoms with Crippen LogP contribution in [0.5, 0.6) is 5.75 Å². The summed E-state index contributed by atoms with van der Waals surface area (Å²) >= 11 is 1.45. The van der Waals surface area contributed by atoms with Crippen LogP contribution >= 0.6 is 0 Å². The van der Waals surface area contributed by atoms with E-state index >= 15 is 0 Å². The van der Waals surface area contributed by atoms with Gasteiger partial charge in [-0.05, 0) is 0 Å². The molecule has 0 aliphatic carbocycles. The maximum absolute atomic E-state index is 10.9. The van der Waals surface area contributed by atoms with Crippen molar-refractivity contribution in [3.8, 4) is 5.75 Å². The molecule has 1 rings (SSSR count). The van der Waals surface area contributed by atoms with Crippen LogP contribution in [0.15, 0.2) is 24.3 Å². The van der Waals surface area contributed by atoms with Crippen molar-refractivity contribution in [2.75, 3.05) is 7.11 Å². The van der Waals surface area contributed by atoms with Crippen LogP contribution in [0.2, 0.25) is 0 Å². The van der Waals surface area contributed by atoms with Gasteiger partial charge >= 0.3 is 78.3 Å². The Hall–Kier alpha value is -0.520. The summed E-state index contributed by atoms with van der Waals surface area (Å²) in [5, 5.41) is 0. The summed E-state index contributed by atoms with van der Waals surface area (Å²) in [4.78, 5) is 10.9. The SMILES string of the molecule is COc1ccccc1C(=O)[Te]. The van der Waals surface area contributed by atoms with Crippen LogP contribution in [-0.2, 0) is 0 Å². The number of carbonyl (C=O) groups is 1. The summed E-state index contributed by atoms with van der Waals surface area (Å²) in [6.07, 6.45) is 0. The first-order valence-corrected chi connectivity index (χ1v) is 4.26. The Balaban J connectivity index is 3.12. The van der Waals surface area contributed by atoms with Gasteiger partial charge in [0.05, 0.1) is 0 Å². The fourth-order valence-electron chi connectivity index (χ4n) is 0.813. The van der Waals surface area contributed by atoms with Crippen molar-refractivity contribution in [3.05, 3.63) is 29.8 Å². The van der Waals surface area contributed by atoms with Crippen LogP contribution in [0.1, 0.15) is 10.4 Å². The third-order valence-corrected chi connectivity index (χ3v) is 1.95. The predicted molar refractivity (Wildman–Crippen MR) is 43.1 cm³/mol. The third-order valence-electron chi connectivity index (χ3n) is 1.33. The molecule has 0 aliphatic heterocycles. The van der Waals surface area contributed by atoms with E-state index in [1.54, 1.807) is 19.2 Å². The van der Waals surface area contributed by atoms with Crippen LogP contribution in [0.3, 0.4) is 0 Å². The fraction of sp³-hybridized carbons (Fsp3) is 0.125. The van der Waals surface area contributed by atoms with E-state index in [-0.39, 0.29) is 3.83 Å². The zero-order valence-corrected chi connectivity index (χ0v) is 8.36. The molecule has 0 aliphatic rings. The van der Waals surface area contributed by atoms with Gasteiger partial charge in [-0.3, -0.25) is 0 Å². The summed E-state index contributed by atoms with van der Waals surface area (Å²) in [6.45, 7) is 0. The molecule has 3 heteroatoms. The molecule has 2 nitrogen and oxygen atoms in total. The zero-order chi connectivity index (χ0) is 8.27. The van der Waals surface area contributed by atoms with E-state index in [1.165, 1.54) is 22.3 Å². The molecule has 1 radical (unpaired) electrons. The number of benzene rings is 1. The van der Waals surface area contributed by atoms with Gasteiger partial charge in [0.15, 0.2) is 0 Å². The van der Waals surface area contributed by atoms with Crippen LogP contribution in [-0.4, -0.2) is 33.2 Å². The van der Waals surface area contributed by atoms with Crippen molar-refractivity contribution in [1.29, 1.82) is 0 Å². The molecule has 1 aromatic rings. The van der Waals surface area contributed by atoms with Gasteiger partial charge in [0, 0.05) is 0 Å². The Morgan fingerprint density at radius 1 is 1.45 bits per heavy atom. The minimum atomic E-state index is 0.0400. The number of carbonyl (C=O) groups excluding carboxylic acids is 1. The molecule has 0 spiro atoms. The first-order chi connectivity index (χ1) is 5.25. The summed E-state index contributed by atoms with van der Waals surface area (Å²) in [7, 11) is 1.56. The average Bonchev–Trinajstić information content (AvgIpc) is 2.04. The molecular formula is C8H7O2Te. The summed E-state index contributed by atoms with van der Waals surface area (Å²) in [5.41, 5.74) is 0.639. The van der Waals surface area contributed by atoms with E-state index in [0.717, 1.165) is 0 Å². The number of rotatable bonds is 2. The van der Waals surface area contributed by atoms with Gasteiger partial charge in [0.1, 0.15) is 0 Å². The number of ether oxygens (including phenoxy) is 1. The van der Waals surface area contributed by atoms with Crippen molar-refractivity contribution >= 4 is 26.1 Å². The second-order valence-corrected chi connectivity index (χ2v) is 3.05. The zero-order valence-electron chi connectivity index (χ0n) is 6.03. The van der Waals surface area contributed by atoms with Crippen molar-refractivity contribution in [3.63, 3.8) is 0 Å². The van der Waals surface area contributed by atoms with E-state index < -0.39 is 0 Å². The van der Waals surface area contributed by atoms with E-state index in [9.17, 15) is 4.79 Å². The molecule has 0 fully saturated rings. The Kier molecular flexibility index (Phi) is 2.92. The van der Waals surface area contributed by atoms with E-state index in [4.69, 9.17) is 4.74 Å². The molecule has 0 aromatic heterocycles. The molecule has 0 bridgehead atoms. The Bertz CT molecular complexity index is 271. The molecule has 11 heavy (non-hydrogen) atoms. The topological polar surface area (TPSA) is 26.3 Å². The standard InChI is InChI=1S/C8H7O2Te/c1-10-7-5-3-2-4-6(7)8(9)11/h2-5H,1H3. The second kappa shape index (κ2) is 3.75. The number of methoxy groups -OCH3 is 1. The molecule has 1 aromatic carbocycles. The van der Waals surface area contributed by atoms with Gasteiger partial charge in [-0.25, -0.2) is 0 Å². The molecule has 0 amide bonds. The van der Waals surface area contributed by atoms with Crippen molar-refractivity contribution in [2.24, 2.45) is 0 Å². The summed E-state index contributed by atoms with van der Waals surface area (Å²) < 4.78 is 5.03. The third kappa shape index (κ3) is 1.95. The normalized spacial score (nSPS) is 9.18. The Labute approximate surface area is 78.5 Å². The number of hydrogen-bond donors (Lipinski definition) is 0. The Morgan fingerprint density at radius 3 is 2.55 bits per heavy atom. The van der Waals surface area contributed by atoms with Crippen molar-refractivity contribution in [1.82, 2.24) is 0 Å². The van der Waals surface area contributed by atoms with Gasteiger partial charge in [-0.15, -0.1) is 0 Å². The van der Waals surface area contributed by atoms with Crippen molar-refractivity contribution < 1.29 is 9.53 Å². The van der Waals surface area contributed by atoms with Gasteiger partial charge in [-0.2, -0.15) is 0 Å². The van der Waals surface area contributed by atoms with Gasteiger partial charge in [-0.1, -0.05) is 0 Å². The fourth-order valence-corrected chi connectivity index (χ4v) is 1.29. The molecule has 0 heterocycles. The Morgan fingerprint density at radius 2 is 2.09 bits per heavy atom. The first kappa shape index (κ1) is 8.58. The molecule has 0 atom stereocenters. The molecule has 0 unspecified atom stereocenters.